The summed E-state index contributed by atoms with van der Waals surface area (Å²) in [4.78, 5) is 26.2. The molecule has 22 heavy (non-hydrogen) atoms. The Hall–Kier alpha value is -2.08. The molecule has 0 radical (unpaired) electrons. The number of aliphatic hydroxyl groups excluding tert-OH is 1. The van der Waals surface area contributed by atoms with Crippen molar-refractivity contribution in [1.29, 1.82) is 0 Å². The molecule has 1 N–H and O–H groups in total. The number of ketones is 1. The largest absolute Gasteiger partial charge is 0.503 e. The number of hydrogen-bond donors (Lipinski definition) is 1. The lowest BCUT2D eigenvalue weighted by Crippen LogP contribution is -2.33. The Morgan fingerprint density at radius 2 is 2.23 bits per heavy atom. The second-order valence-electron chi connectivity index (χ2n) is 5.69. The fourth-order valence-corrected chi connectivity index (χ4v) is 2.58. The highest BCUT2D eigenvalue weighted by Crippen LogP contribution is 2.38. The van der Waals surface area contributed by atoms with Crippen molar-refractivity contribution in [2.24, 2.45) is 5.92 Å². The number of methoxy groups -OCH3 is 1. The molecule has 1 amide bonds. The van der Waals surface area contributed by atoms with E-state index in [4.69, 9.17) is 9.15 Å². The molecule has 0 spiro atoms. The smallest absolute Gasteiger partial charge is 0.290 e. The van der Waals surface area contributed by atoms with Crippen LogP contribution < -0.4 is 0 Å². The van der Waals surface area contributed by atoms with Gasteiger partial charge in [0.25, 0.3) is 5.91 Å². The van der Waals surface area contributed by atoms with Crippen LogP contribution in [-0.2, 0) is 14.3 Å². The van der Waals surface area contributed by atoms with Crippen molar-refractivity contribution in [3.05, 3.63) is 35.5 Å². The molecule has 1 aliphatic rings. The van der Waals surface area contributed by atoms with Crippen LogP contribution in [0.4, 0.5) is 0 Å². The molecule has 0 aliphatic carbocycles. The van der Waals surface area contributed by atoms with Gasteiger partial charge in [0, 0.05) is 20.1 Å². The number of nitrogens with zero attached hydrogens (tertiary/aromatic N) is 1. The lowest BCUT2D eigenvalue weighted by molar-refractivity contribution is -0.130. The molecular weight excluding hydrogens is 286 g/mol. The van der Waals surface area contributed by atoms with Crippen LogP contribution in [0.15, 0.2) is 34.1 Å². The predicted octanol–water partition coefficient (Wildman–Crippen LogP) is 2.24. The first kappa shape index (κ1) is 16.3. The quantitative estimate of drug-likeness (QED) is 0.835. The zero-order chi connectivity index (χ0) is 16.3. The van der Waals surface area contributed by atoms with Crippen molar-refractivity contribution in [3.8, 4) is 0 Å². The molecule has 2 heterocycles. The molecule has 1 aliphatic heterocycles. The summed E-state index contributed by atoms with van der Waals surface area (Å²) in [5.41, 5.74) is 0.116. The van der Waals surface area contributed by atoms with Gasteiger partial charge in [-0.25, -0.2) is 0 Å². The molecule has 1 atom stereocenters. The molecule has 0 bridgehead atoms. The highest BCUT2D eigenvalue weighted by Gasteiger charge is 2.44. The van der Waals surface area contributed by atoms with Crippen molar-refractivity contribution in [3.63, 3.8) is 0 Å². The van der Waals surface area contributed by atoms with E-state index in [1.54, 1.807) is 12.1 Å². The van der Waals surface area contributed by atoms with Crippen molar-refractivity contribution >= 4 is 11.7 Å². The van der Waals surface area contributed by atoms with Crippen LogP contribution in [-0.4, -0.2) is 42.0 Å². The van der Waals surface area contributed by atoms with Crippen LogP contribution >= 0.6 is 0 Å². The van der Waals surface area contributed by atoms with Crippen molar-refractivity contribution in [1.82, 2.24) is 4.90 Å². The fraction of sp³-hybridized carbons (Fsp3) is 0.500. The van der Waals surface area contributed by atoms with E-state index in [-0.39, 0.29) is 30.2 Å². The molecule has 0 fully saturated rings. The maximum atomic E-state index is 12.5. The summed E-state index contributed by atoms with van der Waals surface area (Å²) in [6, 6.07) is 2.69. The molecule has 1 aromatic heterocycles. The second kappa shape index (κ2) is 6.79. The van der Waals surface area contributed by atoms with Gasteiger partial charge in [0.15, 0.2) is 11.5 Å². The third kappa shape index (κ3) is 3.06. The minimum atomic E-state index is -0.691. The highest BCUT2D eigenvalue weighted by molar-refractivity contribution is 6.08. The van der Waals surface area contributed by atoms with Gasteiger partial charge < -0.3 is 19.2 Å². The number of carbonyl (C=O) groups is 2. The lowest BCUT2D eigenvalue weighted by Gasteiger charge is -2.24. The van der Waals surface area contributed by atoms with Gasteiger partial charge in [-0.1, -0.05) is 13.8 Å². The lowest BCUT2D eigenvalue weighted by atomic mass is 9.95. The Morgan fingerprint density at radius 1 is 1.50 bits per heavy atom. The van der Waals surface area contributed by atoms with E-state index >= 15 is 0 Å². The van der Waals surface area contributed by atoms with Gasteiger partial charge in [-0.2, -0.15) is 0 Å². The fourth-order valence-electron chi connectivity index (χ4n) is 2.58. The minimum absolute atomic E-state index is 0.116. The Bertz CT molecular complexity index is 573. The third-order valence-corrected chi connectivity index (χ3v) is 3.55. The van der Waals surface area contributed by atoms with E-state index in [1.807, 2.05) is 13.8 Å². The maximum absolute atomic E-state index is 12.5. The van der Waals surface area contributed by atoms with E-state index in [0.29, 0.717) is 12.4 Å². The zero-order valence-corrected chi connectivity index (χ0v) is 13.0. The molecule has 1 aromatic rings. The first-order chi connectivity index (χ1) is 10.5. The monoisotopic (exact) mass is 307 g/mol. The normalized spacial score (nSPS) is 18.6. The van der Waals surface area contributed by atoms with Crippen LogP contribution in [0.2, 0.25) is 0 Å². The summed E-state index contributed by atoms with van der Waals surface area (Å²) in [7, 11) is 1.53. The van der Waals surface area contributed by atoms with Crippen LogP contribution in [0, 0.1) is 5.92 Å². The first-order valence-corrected chi connectivity index (χ1v) is 7.27. The number of rotatable bonds is 7. The number of furan rings is 1. The van der Waals surface area contributed by atoms with E-state index < -0.39 is 17.7 Å². The molecule has 120 valence electrons. The zero-order valence-electron chi connectivity index (χ0n) is 13.0. The van der Waals surface area contributed by atoms with Gasteiger partial charge in [-0.05, 0) is 18.1 Å². The van der Waals surface area contributed by atoms with E-state index in [0.717, 1.165) is 0 Å². The summed E-state index contributed by atoms with van der Waals surface area (Å²) in [5, 5.41) is 10.2. The Morgan fingerprint density at radius 3 is 2.77 bits per heavy atom. The number of Topliss-reactive ketones (excluding diaryl/α,β-unsaturated/α-hetero) is 1. The molecule has 6 heteroatoms. The highest BCUT2D eigenvalue weighted by atomic mass is 16.5. The first-order valence-electron chi connectivity index (χ1n) is 7.27. The Kier molecular flexibility index (Phi) is 5.03. The standard InChI is InChI=1S/C16H21NO5/c1-10(2)9-11(18)13-14(12-5-4-7-22-12)17(6-8-21-3)16(20)15(13)19/h4-5,7,10,14,19H,6,8-9H2,1-3H3. The molecule has 0 aromatic carbocycles. The summed E-state index contributed by atoms with van der Waals surface area (Å²) in [6.45, 7) is 4.40. The average molecular weight is 307 g/mol. The van der Waals surface area contributed by atoms with Crippen molar-refractivity contribution in [2.75, 3.05) is 20.3 Å². The van der Waals surface area contributed by atoms with E-state index in [9.17, 15) is 14.7 Å². The van der Waals surface area contributed by atoms with Crippen molar-refractivity contribution in [2.45, 2.75) is 26.3 Å². The number of carbonyl (C=O) groups excluding carboxylic acids is 2. The number of aliphatic hydroxyl groups is 1. The van der Waals surface area contributed by atoms with Crippen LogP contribution in [0.3, 0.4) is 0 Å². The van der Waals surface area contributed by atoms with Gasteiger partial charge in [0.2, 0.25) is 0 Å². The molecule has 6 nitrogen and oxygen atoms in total. The molecular formula is C16H21NO5. The third-order valence-electron chi connectivity index (χ3n) is 3.55. The number of ether oxygens (including phenoxy) is 1. The summed E-state index contributed by atoms with van der Waals surface area (Å²) < 4.78 is 10.4. The van der Waals surface area contributed by atoms with Gasteiger partial charge in [0.05, 0.1) is 18.4 Å². The SMILES string of the molecule is COCCN1C(=O)C(O)=C(C(=O)CC(C)C)C1c1ccco1. The van der Waals surface area contributed by atoms with E-state index in [2.05, 4.69) is 0 Å². The summed E-state index contributed by atoms with van der Waals surface area (Å²) in [5.74, 6) is -0.690. The van der Waals surface area contributed by atoms with Crippen molar-refractivity contribution < 1.29 is 23.8 Å². The molecule has 0 saturated carbocycles. The molecule has 1 unspecified atom stereocenters. The minimum Gasteiger partial charge on any atom is -0.503 e. The predicted molar refractivity (Wildman–Crippen MR) is 79.2 cm³/mol. The van der Waals surface area contributed by atoms with Crippen LogP contribution in [0.5, 0.6) is 0 Å². The number of amides is 1. The molecule has 2 rings (SSSR count). The maximum Gasteiger partial charge on any atom is 0.290 e. The summed E-state index contributed by atoms with van der Waals surface area (Å²) >= 11 is 0. The van der Waals surface area contributed by atoms with Gasteiger partial charge in [-0.15, -0.1) is 0 Å². The van der Waals surface area contributed by atoms with Gasteiger partial charge >= 0.3 is 0 Å². The summed E-state index contributed by atoms with van der Waals surface area (Å²) in [6.07, 6.45) is 1.75. The van der Waals surface area contributed by atoms with Crippen LogP contribution in [0.25, 0.3) is 0 Å². The second-order valence-corrected chi connectivity index (χ2v) is 5.69. The van der Waals surface area contributed by atoms with Gasteiger partial charge in [0.1, 0.15) is 11.8 Å². The van der Waals surface area contributed by atoms with Gasteiger partial charge in [-0.3, -0.25) is 9.59 Å². The Labute approximate surface area is 129 Å². The van der Waals surface area contributed by atoms with E-state index in [1.165, 1.54) is 18.3 Å². The molecule has 0 saturated heterocycles. The Balaban J connectivity index is 2.38. The number of hydrogen-bond acceptors (Lipinski definition) is 5. The average Bonchev–Trinajstić information content (AvgIpc) is 3.05. The van der Waals surface area contributed by atoms with Crippen LogP contribution in [0.1, 0.15) is 32.1 Å². The topological polar surface area (TPSA) is 80.0 Å².